The van der Waals surface area contributed by atoms with Gasteiger partial charge in [-0.05, 0) is 44.2 Å². The number of carbonyl (C=O) groups is 2. The molecule has 3 N–H and O–H groups in total. The molecule has 2 amide bonds. The van der Waals surface area contributed by atoms with E-state index >= 15 is 0 Å². The highest BCUT2D eigenvalue weighted by molar-refractivity contribution is 7.13. The molecule has 0 saturated carbocycles. The average molecular weight is 512 g/mol. The van der Waals surface area contributed by atoms with E-state index < -0.39 is 30.0 Å². The van der Waals surface area contributed by atoms with E-state index in [9.17, 15) is 19.8 Å². The Morgan fingerprint density at radius 3 is 2.58 bits per heavy atom. The normalized spacial score (nSPS) is 30.3. The number of aliphatic hydroxyl groups is 2. The number of nitrogens with zero attached hydrogens (tertiary/aromatic N) is 4. The van der Waals surface area contributed by atoms with Gasteiger partial charge in [-0.3, -0.25) is 9.59 Å². The molecule has 3 aliphatic rings. The van der Waals surface area contributed by atoms with Crippen molar-refractivity contribution < 1.29 is 19.8 Å². The molecular weight excluding hydrogens is 478 g/mol. The smallest absolute Gasteiger partial charge is 0.246 e. The van der Waals surface area contributed by atoms with Crippen LogP contribution >= 0.6 is 11.3 Å². The van der Waals surface area contributed by atoms with Gasteiger partial charge in [0.2, 0.25) is 11.8 Å². The summed E-state index contributed by atoms with van der Waals surface area (Å²) in [5, 5.41) is 24.9. The molecule has 0 spiro atoms. The fraction of sp³-hybridized carbons (Fsp3) is 0.538. The number of likely N-dealkylation sites (tertiary alicyclic amines) is 2. The number of β-amino-alcohol motifs (C(OH)–C–C–N with tert-alkyl or cyclic N) is 1. The fourth-order valence-corrected chi connectivity index (χ4v) is 6.45. The van der Waals surface area contributed by atoms with Crippen molar-refractivity contribution in [2.75, 3.05) is 13.1 Å². The zero-order valence-corrected chi connectivity index (χ0v) is 21.7. The Morgan fingerprint density at radius 1 is 1.17 bits per heavy atom. The van der Waals surface area contributed by atoms with Crippen molar-refractivity contribution >= 4 is 29.0 Å². The number of rotatable bonds is 4. The van der Waals surface area contributed by atoms with Gasteiger partial charge in [0.1, 0.15) is 17.4 Å². The predicted molar refractivity (Wildman–Crippen MR) is 137 cm³/mol. The minimum absolute atomic E-state index is 0.111. The topological polar surface area (TPSA) is 118 Å². The summed E-state index contributed by atoms with van der Waals surface area (Å²) in [5.41, 5.74) is 3.86. The highest BCUT2D eigenvalue weighted by Gasteiger charge is 2.48. The van der Waals surface area contributed by atoms with Crippen LogP contribution in [0.5, 0.6) is 0 Å². The predicted octanol–water partition coefficient (Wildman–Crippen LogP) is 2.02. The highest BCUT2D eigenvalue weighted by atomic mass is 32.1. The van der Waals surface area contributed by atoms with E-state index in [1.165, 1.54) is 6.92 Å². The molecule has 9 nitrogen and oxygen atoms in total. The molecule has 5 atom stereocenters. The molecule has 5 rings (SSSR count). The van der Waals surface area contributed by atoms with Crippen molar-refractivity contribution in [2.45, 2.75) is 76.4 Å². The van der Waals surface area contributed by atoms with E-state index in [2.05, 4.69) is 15.3 Å². The molecule has 10 heteroatoms. The Bertz CT molecular complexity index is 1180. The van der Waals surface area contributed by atoms with E-state index in [1.807, 2.05) is 43.6 Å². The third-order valence-electron chi connectivity index (χ3n) is 7.73. The van der Waals surface area contributed by atoms with E-state index in [4.69, 9.17) is 0 Å². The van der Waals surface area contributed by atoms with Crippen LogP contribution in [0.15, 0.2) is 34.8 Å². The highest BCUT2D eigenvalue weighted by Crippen LogP contribution is 2.35. The monoisotopic (exact) mass is 511 g/mol. The number of aromatic nitrogens is 1. The molecular formula is C26H33N5O4S. The molecule has 4 heterocycles. The van der Waals surface area contributed by atoms with Crippen LogP contribution in [0.1, 0.15) is 50.8 Å². The first-order valence-electron chi connectivity index (χ1n) is 12.5. The number of aryl methyl sites for hydroxylation is 1. The molecule has 2 aromatic rings. The standard InChI is InChI=1S/C26H33N5O4S/c1-15-22(36-14-27-15)17-7-9-18(10-8-17)26(3)25(35)28-23(29-26)21-12-19(33)13-31(21)24(34)20-6-4-5-11-30(20)16(2)32/h7-10,14,19-21,25,33,35H,4-6,11-13H2,1-3H3,(H,28,29). The number of hydrogen-bond donors (Lipinski definition) is 3. The Morgan fingerprint density at radius 2 is 1.92 bits per heavy atom. The summed E-state index contributed by atoms with van der Waals surface area (Å²) in [6, 6.07) is 6.97. The van der Waals surface area contributed by atoms with Crippen LogP contribution in [0, 0.1) is 6.92 Å². The Labute approximate surface area is 214 Å². The number of aliphatic hydroxyl groups excluding tert-OH is 2. The molecule has 0 aliphatic carbocycles. The molecule has 0 radical (unpaired) electrons. The third-order valence-corrected chi connectivity index (χ3v) is 8.71. The summed E-state index contributed by atoms with van der Waals surface area (Å²) in [4.78, 5) is 39.0. The summed E-state index contributed by atoms with van der Waals surface area (Å²) < 4.78 is 0. The average Bonchev–Trinajstić information content (AvgIpc) is 3.56. The lowest BCUT2D eigenvalue weighted by molar-refractivity contribution is -0.146. The Balaban J connectivity index is 1.36. The Hall–Kier alpha value is -2.82. The van der Waals surface area contributed by atoms with Gasteiger partial charge in [-0.25, -0.2) is 9.98 Å². The number of nitrogens with one attached hydrogen (secondary N) is 1. The molecule has 0 bridgehead atoms. The quantitative estimate of drug-likeness (QED) is 0.578. The van der Waals surface area contributed by atoms with Gasteiger partial charge >= 0.3 is 0 Å². The molecule has 1 aromatic heterocycles. The third kappa shape index (κ3) is 4.31. The van der Waals surface area contributed by atoms with Crippen molar-refractivity contribution in [3.05, 3.63) is 41.0 Å². The molecule has 5 unspecified atom stereocenters. The van der Waals surface area contributed by atoms with Gasteiger partial charge in [-0.15, -0.1) is 11.3 Å². The fourth-order valence-electron chi connectivity index (χ4n) is 5.63. The van der Waals surface area contributed by atoms with Crippen LogP contribution in [0.2, 0.25) is 0 Å². The number of aliphatic imine (C=N–C) groups is 1. The second-order valence-electron chi connectivity index (χ2n) is 10.2. The molecule has 1 aromatic carbocycles. The van der Waals surface area contributed by atoms with Crippen LogP contribution in [0.3, 0.4) is 0 Å². The first kappa shape index (κ1) is 24.9. The SMILES string of the molecule is CC(=O)N1CCCCC1C(=O)N1CC(O)CC1C1=NC(O)C(C)(c2ccc(-c3scnc3C)cc2)N1. The number of hydrogen-bond acceptors (Lipinski definition) is 8. The summed E-state index contributed by atoms with van der Waals surface area (Å²) in [5.74, 6) is 0.214. The van der Waals surface area contributed by atoms with Crippen molar-refractivity contribution in [2.24, 2.45) is 4.99 Å². The van der Waals surface area contributed by atoms with E-state index in [1.54, 1.807) is 21.1 Å². The lowest BCUT2D eigenvalue weighted by Gasteiger charge is -2.38. The van der Waals surface area contributed by atoms with Crippen molar-refractivity contribution in [1.29, 1.82) is 0 Å². The van der Waals surface area contributed by atoms with Gasteiger partial charge in [0.25, 0.3) is 0 Å². The first-order chi connectivity index (χ1) is 17.2. The molecule has 2 fully saturated rings. The maximum Gasteiger partial charge on any atom is 0.246 e. The number of piperidine rings is 1. The minimum atomic E-state index is -1.05. The number of thiazole rings is 1. The first-order valence-corrected chi connectivity index (χ1v) is 13.4. The van der Waals surface area contributed by atoms with Crippen molar-refractivity contribution in [1.82, 2.24) is 20.1 Å². The van der Waals surface area contributed by atoms with Gasteiger partial charge in [0, 0.05) is 26.4 Å². The number of carbonyl (C=O) groups excluding carboxylic acids is 2. The van der Waals surface area contributed by atoms with Gasteiger partial charge in [-0.2, -0.15) is 0 Å². The van der Waals surface area contributed by atoms with Gasteiger partial charge < -0.3 is 25.3 Å². The molecule has 3 aliphatic heterocycles. The second-order valence-corrected chi connectivity index (χ2v) is 11.0. The van der Waals surface area contributed by atoms with Crippen LogP contribution in [-0.4, -0.2) is 80.2 Å². The van der Waals surface area contributed by atoms with Crippen LogP contribution in [0.25, 0.3) is 10.4 Å². The lowest BCUT2D eigenvalue weighted by Crippen LogP contribution is -2.56. The molecule has 192 valence electrons. The minimum Gasteiger partial charge on any atom is -0.391 e. The Kier molecular flexibility index (Phi) is 6.61. The van der Waals surface area contributed by atoms with Crippen LogP contribution in [0.4, 0.5) is 0 Å². The maximum absolute atomic E-state index is 13.6. The van der Waals surface area contributed by atoms with E-state index in [0.717, 1.165) is 34.5 Å². The van der Waals surface area contributed by atoms with Gasteiger partial charge in [-0.1, -0.05) is 24.3 Å². The maximum atomic E-state index is 13.6. The number of amides is 2. The molecule has 36 heavy (non-hydrogen) atoms. The zero-order valence-electron chi connectivity index (χ0n) is 20.8. The largest absolute Gasteiger partial charge is 0.391 e. The summed E-state index contributed by atoms with van der Waals surface area (Å²) in [6.45, 7) is 6.11. The van der Waals surface area contributed by atoms with Crippen molar-refractivity contribution in [3.63, 3.8) is 0 Å². The van der Waals surface area contributed by atoms with Crippen LogP contribution in [-0.2, 0) is 15.1 Å². The number of benzene rings is 1. The van der Waals surface area contributed by atoms with E-state index in [0.29, 0.717) is 25.2 Å². The second kappa shape index (κ2) is 9.57. The van der Waals surface area contributed by atoms with Crippen molar-refractivity contribution in [3.8, 4) is 10.4 Å². The summed E-state index contributed by atoms with van der Waals surface area (Å²) >= 11 is 1.59. The van der Waals surface area contributed by atoms with E-state index in [-0.39, 0.29) is 18.4 Å². The van der Waals surface area contributed by atoms with Crippen LogP contribution < -0.4 is 5.32 Å². The molecule has 2 saturated heterocycles. The summed E-state index contributed by atoms with van der Waals surface area (Å²) in [7, 11) is 0. The number of amidine groups is 1. The zero-order chi connectivity index (χ0) is 25.6. The van der Waals surface area contributed by atoms with Gasteiger partial charge in [0.15, 0.2) is 6.23 Å². The lowest BCUT2D eigenvalue weighted by atomic mass is 9.90. The van der Waals surface area contributed by atoms with Gasteiger partial charge in [0.05, 0.1) is 28.2 Å². The summed E-state index contributed by atoms with van der Waals surface area (Å²) in [6.07, 6.45) is 0.967.